The normalized spacial score (nSPS) is 10.8. The first-order valence-electron chi connectivity index (χ1n) is 8.74. The number of hydrogen-bond donors (Lipinski definition) is 1. The maximum absolute atomic E-state index is 13.6. The van der Waals surface area contributed by atoms with Crippen LogP contribution in [0.25, 0.3) is 0 Å². The van der Waals surface area contributed by atoms with E-state index in [-0.39, 0.29) is 25.1 Å². The highest BCUT2D eigenvalue weighted by atomic mass is 19.2. The van der Waals surface area contributed by atoms with E-state index in [0.29, 0.717) is 11.1 Å². The number of benzene rings is 2. The minimum atomic E-state index is -1.61. The molecule has 1 aromatic heterocycles. The van der Waals surface area contributed by atoms with Crippen LogP contribution in [-0.4, -0.2) is 15.7 Å². The van der Waals surface area contributed by atoms with Gasteiger partial charge < -0.3 is 10.1 Å². The Labute approximate surface area is 163 Å². The molecule has 0 aliphatic heterocycles. The monoisotopic (exact) mass is 407 g/mol. The third-order valence-electron chi connectivity index (χ3n) is 4.12. The average molecular weight is 407 g/mol. The van der Waals surface area contributed by atoms with Gasteiger partial charge in [0, 0.05) is 24.4 Å². The van der Waals surface area contributed by atoms with Crippen LogP contribution in [0.4, 0.5) is 17.6 Å². The Hall–Kier alpha value is -3.36. The second-order valence-electron chi connectivity index (χ2n) is 6.13. The molecule has 0 saturated carbocycles. The molecule has 0 bridgehead atoms. The molecule has 0 radical (unpaired) electrons. The smallest absolute Gasteiger partial charge is 0.251 e. The van der Waals surface area contributed by atoms with Gasteiger partial charge in [0.05, 0.1) is 12.2 Å². The van der Waals surface area contributed by atoms with Gasteiger partial charge in [-0.25, -0.2) is 8.78 Å². The van der Waals surface area contributed by atoms with E-state index in [1.54, 1.807) is 10.7 Å². The van der Waals surface area contributed by atoms with Gasteiger partial charge in [-0.1, -0.05) is 12.1 Å². The number of halogens is 4. The largest absolute Gasteiger partial charge is 0.483 e. The molecule has 9 heteroatoms. The molecule has 1 N–H and O–H groups in total. The van der Waals surface area contributed by atoms with Gasteiger partial charge in [-0.2, -0.15) is 13.9 Å². The minimum absolute atomic E-state index is 0.109. The molecule has 0 saturated heterocycles. The Morgan fingerprint density at radius 3 is 2.31 bits per heavy atom. The summed E-state index contributed by atoms with van der Waals surface area (Å²) in [7, 11) is 0. The van der Waals surface area contributed by atoms with Crippen molar-refractivity contribution in [2.75, 3.05) is 0 Å². The number of carbonyl (C=O) groups excluding carboxylic acids is 1. The number of amides is 1. The Morgan fingerprint density at radius 2 is 1.72 bits per heavy atom. The molecule has 0 fully saturated rings. The number of aryl methyl sites for hydroxylation is 1. The number of aromatic nitrogens is 2. The van der Waals surface area contributed by atoms with Crippen molar-refractivity contribution >= 4 is 5.91 Å². The fraction of sp³-hybridized carbons (Fsp3) is 0.200. The summed E-state index contributed by atoms with van der Waals surface area (Å²) in [5, 5.41) is 6.99. The molecule has 2 aromatic carbocycles. The predicted octanol–water partition coefficient (Wildman–Crippen LogP) is 3.97. The van der Waals surface area contributed by atoms with E-state index < -0.39 is 29.0 Å². The van der Waals surface area contributed by atoms with E-state index in [0.717, 1.165) is 12.2 Å². The summed E-state index contributed by atoms with van der Waals surface area (Å²) in [6.07, 6.45) is 1.81. The summed E-state index contributed by atoms with van der Waals surface area (Å²) < 4.78 is 60.2. The van der Waals surface area contributed by atoms with E-state index in [9.17, 15) is 22.4 Å². The predicted molar refractivity (Wildman–Crippen MR) is 96.1 cm³/mol. The second kappa shape index (κ2) is 8.76. The molecule has 0 spiro atoms. The SMILES string of the molecule is CCn1ccc(CNC(=O)c2ccc(COc3c(F)c(F)cc(F)c3F)cc2)n1. The minimum Gasteiger partial charge on any atom is -0.483 e. The number of carbonyl (C=O) groups is 1. The zero-order valence-electron chi connectivity index (χ0n) is 15.4. The molecule has 152 valence electrons. The fourth-order valence-electron chi connectivity index (χ4n) is 2.53. The average Bonchev–Trinajstić information content (AvgIpc) is 3.19. The zero-order chi connectivity index (χ0) is 21.0. The third kappa shape index (κ3) is 4.74. The van der Waals surface area contributed by atoms with Gasteiger partial charge in [0.15, 0.2) is 17.4 Å². The summed E-state index contributed by atoms with van der Waals surface area (Å²) in [6, 6.07) is 7.92. The van der Waals surface area contributed by atoms with Crippen LogP contribution in [0.2, 0.25) is 0 Å². The molecule has 0 unspecified atom stereocenters. The molecule has 0 aliphatic rings. The number of nitrogens with zero attached hydrogens (tertiary/aromatic N) is 2. The maximum atomic E-state index is 13.6. The standard InChI is InChI=1S/C20H17F4N3O2/c1-2-27-8-7-14(26-27)10-25-20(28)13-5-3-12(4-6-13)11-29-19-17(23)15(21)9-16(22)18(19)24/h3-9H,2,10-11H2,1H3,(H,25,28). The topological polar surface area (TPSA) is 56.2 Å². The van der Waals surface area contributed by atoms with Gasteiger partial charge >= 0.3 is 0 Å². The van der Waals surface area contributed by atoms with Crippen molar-refractivity contribution in [3.63, 3.8) is 0 Å². The summed E-state index contributed by atoms with van der Waals surface area (Å²) in [4.78, 5) is 12.2. The highest BCUT2D eigenvalue weighted by Crippen LogP contribution is 2.27. The van der Waals surface area contributed by atoms with Gasteiger partial charge in [-0.3, -0.25) is 9.48 Å². The Balaban J connectivity index is 1.59. The van der Waals surface area contributed by atoms with Gasteiger partial charge in [0.2, 0.25) is 11.6 Å². The van der Waals surface area contributed by atoms with Crippen LogP contribution in [0, 0.1) is 23.3 Å². The van der Waals surface area contributed by atoms with Crippen molar-refractivity contribution in [2.24, 2.45) is 0 Å². The Bertz CT molecular complexity index is 993. The highest BCUT2D eigenvalue weighted by molar-refractivity contribution is 5.94. The number of rotatable bonds is 7. The Morgan fingerprint density at radius 1 is 1.07 bits per heavy atom. The zero-order valence-corrected chi connectivity index (χ0v) is 15.4. The molecular weight excluding hydrogens is 390 g/mol. The van der Waals surface area contributed by atoms with E-state index in [1.165, 1.54) is 24.3 Å². The molecule has 3 aromatic rings. The molecule has 29 heavy (non-hydrogen) atoms. The highest BCUT2D eigenvalue weighted by Gasteiger charge is 2.20. The van der Waals surface area contributed by atoms with Crippen LogP contribution in [0.1, 0.15) is 28.5 Å². The second-order valence-corrected chi connectivity index (χ2v) is 6.13. The molecule has 1 heterocycles. The van der Waals surface area contributed by atoms with E-state index in [2.05, 4.69) is 10.4 Å². The summed E-state index contributed by atoms with van der Waals surface area (Å²) in [5.41, 5.74) is 1.53. The number of ether oxygens (including phenoxy) is 1. The van der Waals surface area contributed by atoms with Crippen molar-refractivity contribution in [3.05, 3.63) is 82.7 Å². The molecule has 3 rings (SSSR count). The Kier molecular flexibility index (Phi) is 6.16. The fourth-order valence-corrected chi connectivity index (χ4v) is 2.53. The van der Waals surface area contributed by atoms with Crippen LogP contribution in [0.15, 0.2) is 42.6 Å². The van der Waals surface area contributed by atoms with Crippen molar-refractivity contribution in [2.45, 2.75) is 26.6 Å². The first kappa shape index (κ1) is 20.4. The first-order valence-corrected chi connectivity index (χ1v) is 8.74. The van der Waals surface area contributed by atoms with Crippen LogP contribution in [-0.2, 0) is 19.7 Å². The number of hydrogen-bond acceptors (Lipinski definition) is 3. The third-order valence-corrected chi connectivity index (χ3v) is 4.12. The molecular formula is C20H17F4N3O2. The lowest BCUT2D eigenvalue weighted by atomic mass is 10.1. The first-order chi connectivity index (χ1) is 13.9. The summed E-state index contributed by atoms with van der Waals surface area (Å²) in [5.74, 6) is -7.76. The quantitative estimate of drug-likeness (QED) is 0.476. The van der Waals surface area contributed by atoms with Crippen molar-refractivity contribution in [1.82, 2.24) is 15.1 Å². The van der Waals surface area contributed by atoms with Crippen molar-refractivity contribution < 1.29 is 27.1 Å². The molecule has 5 nitrogen and oxygen atoms in total. The lowest BCUT2D eigenvalue weighted by Gasteiger charge is -2.10. The van der Waals surface area contributed by atoms with Gasteiger partial charge in [0.25, 0.3) is 5.91 Å². The molecule has 0 aliphatic carbocycles. The van der Waals surface area contributed by atoms with E-state index >= 15 is 0 Å². The van der Waals surface area contributed by atoms with Gasteiger partial charge in [-0.05, 0) is 30.7 Å². The van der Waals surface area contributed by atoms with E-state index in [1.807, 2.05) is 13.1 Å². The van der Waals surface area contributed by atoms with Crippen LogP contribution < -0.4 is 10.1 Å². The maximum Gasteiger partial charge on any atom is 0.251 e. The lowest BCUT2D eigenvalue weighted by molar-refractivity contribution is 0.0950. The van der Waals surface area contributed by atoms with Crippen molar-refractivity contribution in [1.29, 1.82) is 0 Å². The van der Waals surface area contributed by atoms with E-state index in [4.69, 9.17) is 4.74 Å². The summed E-state index contributed by atoms with van der Waals surface area (Å²) in [6.45, 7) is 2.61. The number of nitrogens with one attached hydrogen (secondary N) is 1. The summed E-state index contributed by atoms with van der Waals surface area (Å²) >= 11 is 0. The van der Waals surface area contributed by atoms with Crippen LogP contribution in [0.3, 0.4) is 0 Å². The molecule has 1 amide bonds. The van der Waals surface area contributed by atoms with Gasteiger partial charge in [-0.15, -0.1) is 0 Å². The van der Waals surface area contributed by atoms with Crippen LogP contribution >= 0.6 is 0 Å². The van der Waals surface area contributed by atoms with Gasteiger partial charge in [0.1, 0.15) is 6.61 Å². The molecule has 0 atom stereocenters. The van der Waals surface area contributed by atoms with Crippen molar-refractivity contribution in [3.8, 4) is 5.75 Å². The van der Waals surface area contributed by atoms with Crippen LogP contribution in [0.5, 0.6) is 5.75 Å². The lowest BCUT2D eigenvalue weighted by Crippen LogP contribution is -2.23.